The van der Waals surface area contributed by atoms with Gasteiger partial charge in [-0.25, -0.2) is 0 Å². The third-order valence-electron chi connectivity index (χ3n) is 4.29. The molecule has 0 N–H and O–H groups in total. The van der Waals surface area contributed by atoms with E-state index < -0.39 is 0 Å². The monoisotopic (exact) mass is 290 g/mol. The van der Waals surface area contributed by atoms with E-state index in [1.165, 1.54) is 10.6 Å². The molecule has 1 saturated heterocycles. The van der Waals surface area contributed by atoms with Gasteiger partial charge in [0, 0.05) is 30.3 Å². The molecule has 0 radical (unpaired) electrons. The van der Waals surface area contributed by atoms with Crippen molar-refractivity contribution in [2.75, 3.05) is 36.8 Å². The van der Waals surface area contributed by atoms with Gasteiger partial charge in [0.05, 0.1) is 12.2 Å². The van der Waals surface area contributed by atoms with Crippen LogP contribution in [-0.4, -0.2) is 42.7 Å². The minimum atomic E-state index is 0.290. The van der Waals surface area contributed by atoms with E-state index >= 15 is 0 Å². The molecule has 0 atom stereocenters. The van der Waals surface area contributed by atoms with Gasteiger partial charge >= 0.3 is 0 Å². The molecule has 1 aromatic carbocycles. The number of rotatable bonds is 2. The maximum atomic E-state index is 12.5. The number of hydrogen-bond donors (Lipinski definition) is 0. The highest BCUT2D eigenvalue weighted by molar-refractivity contribution is 7.99. The predicted molar refractivity (Wildman–Crippen MR) is 84.4 cm³/mol. The van der Waals surface area contributed by atoms with Crippen molar-refractivity contribution in [3.63, 3.8) is 0 Å². The first-order valence-corrected chi connectivity index (χ1v) is 8.47. The predicted octanol–water partition coefficient (Wildman–Crippen LogP) is 2.86. The number of carbonyl (C=O) groups excluding carboxylic acids is 1. The molecule has 4 heteroatoms. The Balaban J connectivity index is 1.65. The molecule has 0 aliphatic carbocycles. The highest BCUT2D eigenvalue weighted by Gasteiger charge is 2.24. The van der Waals surface area contributed by atoms with Crippen molar-refractivity contribution >= 4 is 23.4 Å². The molecule has 2 heterocycles. The van der Waals surface area contributed by atoms with Crippen LogP contribution in [0.5, 0.6) is 0 Å². The Bertz CT molecular complexity index is 483. The molecule has 2 aliphatic rings. The number of carbonyl (C=O) groups is 1. The second-order valence-corrected chi connectivity index (χ2v) is 6.94. The van der Waals surface area contributed by atoms with E-state index in [0.29, 0.717) is 12.5 Å². The van der Waals surface area contributed by atoms with Crippen LogP contribution >= 0.6 is 11.8 Å². The minimum absolute atomic E-state index is 0.290. The Morgan fingerprint density at radius 1 is 1.25 bits per heavy atom. The standard InChI is InChI=1S/C16H22N2OS/c1-13-6-8-17(9-7-13)16(19)12-18-10-11-20-15-5-3-2-4-14(15)18/h2-5,13H,6-12H2,1H3. The summed E-state index contributed by atoms with van der Waals surface area (Å²) in [6.45, 7) is 5.65. The fourth-order valence-electron chi connectivity index (χ4n) is 2.91. The van der Waals surface area contributed by atoms with E-state index in [4.69, 9.17) is 0 Å². The summed E-state index contributed by atoms with van der Waals surface area (Å²) in [6, 6.07) is 8.42. The molecule has 108 valence electrons. The quantitative estimate of drug-likeness (QED) is 0.837. The molecule has 1 fully saturated rings. The maximum Gasteiger partial charge on any atom is 0.242 e. The summed E-state index contributed by atoms with van der Waals surface area (Å²) >= 11 is 1.89. The zero-order valence-corrected chi connectivity index (χ0v) is 12.9. The molecule has 1 aromatic rings. The number of hydrogen-bond acceptors (Lipinski definition) is 3. The summed E-state index contributed by atoms with van der Waals surface area (Å²) in [5.41, 5.74) is 1.22. The number of nitrogens with zero attached hydrogens (tertiary/aromatic N) is 2. The largest absolute Gasteiger partial charge is 0.360 e. The van der Waals surface area contributed by atoms with Crippen molar-refractivity contribution in [1.29, 1.82) is 0 Å². The summed E-state index contributed by atoms with van der Waals surface area (Å²) in [5, 5.41) is 0. The fraction of sp³-hybridized carbons (Fsp3) is 0.562. The van der Waals surface area contributed by atoms with Gasteiger partial charge in [-0.15, -0.1) is 11.8 Å². The number of fused-ring (bicyclic) bond motifs is 1. The van der Waals surface area contributed by atoms with E-state index in [0.717, 1.165) is 44.1 Å². The highest BCUT2D eigenvalue weighted by atomic mass is 32.2. The van der Waals surface area contributed by atoms with Crippen LogP contribution < -0.4 is 4.90 Å². The Kier molecular flexibility index (Phi) is 4.20. The Morgan fingerprint density at radius 2 is 2.00 bits per heavy atom. The lowest BCUT2D eigenvalue weighted by atomic mass is 9.99. The van der Waals surface area contributed by atoms with Gasteiger partial charge in [0.15, 0.2) is 0 Å². The zero-order chi connectivity index (χ0) is 13.9. The number of amides is 1. The molecule has 0 unspecified atom stereocenters. The average molecular weight is 290 g/mol. The molecular weight excluding hydrogens is 268 g/mol. The highest BCUT2D eigenvalue weighted by Crippen LogP contribution is 2.34. The number of piperidine rings is 1. The van der Waals surface area contributed by atoms with Crippen molar-refractivity contribution in [3.8, 4) is 0 Å². The van der Waals surface area contributed by atoms with Crippen molar-refractivity contribution < 1.29 is 4.79 Å². The summed E-state index contributed by atoms with van der Waals surface area (Å²) < 4.78 is 0. The third kappa shape index (κ3) is 2.95. The van der Waals surface area contributed by atoms with E-state index in [-0.39, 0.29) is 0 Å². The molecule has 0 bridgehead atoms. The van der Waals surface area contributed by atoms with Crippen molar-refractivity contribution in [2.24, 2.45) is 5.92 Å². The smallest absolute Gasteiger partial charge is 0.242 e. The number of thioether (sulfide) groups is 1. The maximum absolute atomic E-state index is 12.5. The van der Waals surface area contributed by atoms with Crippen LogP contribution in [-0.2, 0) is 4.79 Å². The fourth-order valence-corrected chi connectivity index (χ4v) is 3.96. The van der Waals surface area contributed by atoms with Crippen LogP contribution in [0.2, 0.25) is 0 Å². The SMILES string of the molecule is CC1CCN(C(=O)CN2CCSc3ccccc32)CC1. The zero-order valence-electron chi connectivity index (χ0n) is 12.0. The van der Waals surface area contributed by atoms with E-state index in [1.54, 1.807) is 0 Å². The van der Waals surface area contributed by atoms with Crippen molar-refractivity contribution in [2.45, 2.75) is 24.7 Å². The number of benzene rings is 1. The second kappa shape index (κ2) is 6.08. The lowest BCUT2D eigenvalue weighted by Gasteiger charge is -2.35. The molecular formula is C16H22N2OS. The van der Waals surface area contributed by atoms with E-state index in [9.17, 15) is 4.79 Å². The van der Waals surface area contributed by atoms with Crippen LogP contribution in [0.1, 0.15) is 19.8 Å². The first kappa shape index (κ1) is 13.8. The Morgan fingerprint density at radius 3 is 2.80 bits per heavy atom. The first-order valence-electron chi connectivity index (χ1n) is 7.48. The van der Waals surface area contributed by atoms with Gasteiger partial charge in [-0.05, 0) is 30.9 Å². The summed E-state index contributed by atoms with van der Waals surface area (Å²) in [4.78, 5) is 18.1. The topological polar surface area (TPSA) is 23.6 Å². The lowest BCUT2D eigenvalue weighted by molar-refractivity contribution is -0.131. The van der Waals surface area contributed by atoms with Crippen molar-refractivity contribution in [3.05, 3.63) is 24.3 Å². The molecule has 0 saturated carbocycles. The van der Waals surface area contributed by atoms with Gasteiger partial charge in [-0.1, -0.05) is 19.1 Å². The molecule has 0 aromatic heterocycles. The molecule has 2 aliphatic heterocycles. The number of likely N-dealkylation sites (tertiary alicyclic amines) is 1. The summed E-state index contributed by atoms with van der Waals surface area (Å²) in [7, 11) is 0. The molecule has 3 nitrogen and oxygen atoms in total. The minimum Gasteiger partial charge on any atom is -0.360 e. The summed E-state index contributed by atoms with van der Waals surface area (Å²) in [6.07, 6.45) is 2.30. The first-order chi connectivity index (χ1) is 9.74. The number of anilines is 1. The Labute approximate surface area is 125 Å². The second-order valence-electron chi connectivity index (χ2n) is 5.80. The van der Waals surface area contributed by atoms with Gasteiger partial charge < -0.3 is 9.80 Å². The number of para-hydroxylation sites is 1. The van der Waals surface area contributed by atoms with Gasteiger partial charge in [-0.2, -0.15) is 0 Å². The van der Waals surface area contributed by atoms with Crippen LogP contribution in [0.25, 0.3) is 0 Å². The Hall–Kier alpha value is -1.16. The average Bonchev–Trinajstić information content (AvgIpc) is 2.48. The molecule has 1 amide bonds. The van der Waals surface area contributed by atoms with Gasteiger partial charge in [0.25, 0.3) is 0 Å². The van der Waals surface area contributed by atoms with Crippen LogP contribution in [0.4, 0.5) is 5.69 Å². The third-order valence-corrected chi connectivity index (χ3v) is 5.33. The van der Waals surface area contributed by atoms with Gasteiger partial charge in [0.1, 0.15) is 0 Å². The van der Waals surface area contributed by atoms with Crippen LogP contribution in [0.15, 0.2) is 29.2 Å². The van der Waals surface area contributed by atoms with Crippen molar-refractivity contribution in [1.82, 2.24) is 4.90 Å². The van der Waals surface area contributed by atoms with Crippen LogP contribution in [0, 0.1) is 5.92 Å². The normalized spacial score (nSPS) is 19.9. The van der Waals surface area contributed by atoms with Gasteiger partial charge in [0.2, 0.25) is 5.91 Å². The van der Waals surface area contributed by atoms with Gasteiger partial charge in [-0.3, -0.25) is 4.79 Å². The summed E-state index contributed by atoms with van der Waals surface area (Å²) in [5.74, 6) is 2.13. The van der Waals surface area contributed by atoms with E-state index in [1.807, 2.05) is 16.7 Å². The van der Waals surface area contributed by atoms with E-state index in [2.05, 4.69) is 36.1 Å². The van der Waals surface area contributed by atoms with Crippen LogP contribution in [0.3, 0.4) is 0 Å². The molecule has 20 heavy (non-hydrogen) atoms. The molecule has 3 rings (SSSR count). The lowest BCUT2D eigenvalue weighted by Crippen LogP contribution is -2.45. The molecule has 0 spiro atoms.